The third-order valence-electron chi connectivity index (χ3n) is 4.33. The second-order valence-electron chi connectivity index (χ2n) is 6.06. The predicted molar refractivity (Wildman–Crippen MR) is 88.6 cm³/mol. The number of hydrogen-bond donors (Lipinski definition) is 0. The van der Waals surface area contributed by atoms with E-state index in [-0.39, 0.29) is 5.82 Å². The highest BCUT2D eigenvalue weighted by Crippen LogP contribution is 2.54. The SMILES string of the molecule is C=Cn1cc(C2CC2c2cn3cccc(F)c3n2)nc1C(=C)C. The zero-order chi connectivity index (χ0) is 16.1. The van der Waals surface area contributed by atoms with Crippen molar-refractivity contribution in [2.45, 2.75) is 25.2 Å². The van der Waals surface area contributed by atoms with E-state index in [4.69, 9.17) is 0 Å². The second-order valence-corrected chi connectivity index (χ2v) is 6.06. The Morgan fingerprint density at radius 2 is 2.04 bits per heavy atom. The molecule has 0 spiro atoms. The van der Waals surface area contributed by atoms with Gasteiger partial charge in [-0.15, -0.1) is 0 Å². The molecule has 2 atom stereocenters. The minimum Gasteiger partial charge on any atom is -0.307 e. The Balaban J connectivity index is 1.65. The highest BCUT2D eigenvalue weighted by atomic mass is 19.1. The summed E-state index contributed by atoms with van der Waals surface area (Å²) in [6, 6.07) is 3.12. The molecule has 2 unspecified atom stereocenters. The van der Waals surface area contributed by atoms with Crippen LogP contribution >= 0.6 is 0 Å². The molecule has 0 saturated heterocycles. The number of rotatable bonds is 4. The molecule has 3 aromatic rings. The van der Waals surface area contributed by atoms with E-state index in [9.17, 15) is 4.39 Å². The van der Waals surface area contributed by atoms with Crippen LogP contribution in [0.3, 0.4) is 0 Å². The lowest BCUT2D eigenvalue weighted by molar-refractivity contribution is 0.630. The molecular weight excluding hydrogens is 291 g/mol. The van der Waals surface area contributed by atoms with E-state index in [2.05, 4.69) is 23.1 Å². The molecule has 1 aliphatic carbocycles. The summed E-state index contributed by atoms with van der Waals surface area (Å²) in [6.07, 6.45) is 8.44. The molecule has 1 saturated carbocycles. The van der Waals surface area contributed by atoms with Gasteiger partial charge in [0.2, 0.25) is 0 Å². The van der Waals surface area contributed by atoms with Crippen molar-refractivity contribution in [3.05, 3.63) is 66.9 Å². The maximum atomic E-state index is 13.8. The number of pyridine rings is 1. The van der Waals surface area contributed by atoms with Gasteiger partial charge in [-0.25, -0.2) is 14.4 Å². The van der Waals surface area contributed by atoms with Crippen LogP contribution in [0.15, 0.2) is 43.9 Å². The van der Waals surface area contributed by atoms with E-state index in [0.29, 0.717) is 17.5 Å². The Bertz CT molecular complexity index is 934. The van der Waals surface area contributed by atoms with Gasteiger partial charge in [0.15, 0.2) is 11.5 Å². The molecule has 5 heteroatoms. The fraction of sp³-hybridized carbons (Fsp3) is 0.222. The molecule has 23 heavy (non-hydrogen) atoms. The van der Waals surface area contributed by atoms with Crippen LogP contribution in [0.1, 0.15) is 42.4 Å². The molecule has 3 aromatic heterocycles. The minimum atomic E-state index is -0.295. The summed E-state index contributed by atoms with van der Waals surface area (Å²) in [7, 11) is 0. The normalized spacial score (nSPS) is 19.9. The van der Waals surface area contributed by atoms with E-state index in [1.54, 1.807) is 16.7 Å². The molecule has 0 N–H and O–H groups in total. The van der Waals surface area contributed by atoms with Crippen molar-refractivity contribution in [2.24, 2.45) is 0 Å². The van der Waals surface area contributed by atoms with Crippen molar-refractivity contribution >= 4 is 17.4 Å². The molecule has 3 heterocycles. The summed E-state index contributed by atoms with van der Waals surface area (Å²) in [6.45, 7) is 9.69. The summed E-state index contributed by atoms with van der Waals surface area (Å²) in [5, 5.41) is 0. The fourth-order valence-corrected chi connectivity index (χ4v) is 3.07. The van der Waals surface area contributed by atoms with Crippen LogP contribution in [0.5, 0.6) is 0 Å². The van der Waals surface area contributed by atoms with Gasteiger partial charge >= 0.3 is 0 Å². The van der Waals surface area contributed by atoms with Crippen molar-refractivity contribution < 1.29 is 4.39 Å². The zero-order valence-electron chi connectivity index (χ0n) is 12.9. The Morgan fingerprint density at radius 3 is 2.65 bits per heavy atom. The molecule has 4 rings (SSSR count). The standard InChI is InChI=1S/C18H17FN4/c1-4-22-9-15(20-17(22)11(2)3)12-8-13(12)16-10-23-7-5-6-14(19)18(23)21-16/h4-7,9-10,12-13H,1-2,8H2,3H3. The fourth-order valence-electron chi connectivity index (χ4n) is 3.07. The summed E-state index contributed by atoms with van der Waals surface area (Å²) in [5.74, 6) is 1.15. The number of aromatic nitrogens is 4. The molecule has 0 bridgehead atoms. The van der Waals surface area contributed by atoms with Crippen LogP contribution in [0.2, 0.25) is 0 Å². The van der Waals surface area contributed by atoms with Gasteiger partial charge in [0, 0.05) is 36.6 Å². The highest BCUT2D eigenvalue weighted by molar-refractivity contribution is 5.58. The van der Waals surface area contributed by atoms with Gasteiger partial charge < -0.3 is 8.97 Å². The van der Waals surface area contributed by atoms with Crippen LogP contribution < -0.4 is 0 Å². The van der Waals surface area contributed by atoms with Crippen LogP contribution in [0.4, 0.5) is 4.39 Å². The van der Waals surface area contributed by atoms with Gasteiger partial charge in [-0.3, -0.25) is 0 Å². The Labute approximate surface area is 133 Å². The lowest BCUT2D eigenvalue weighted by Crippen LogP contribution is -1.90. The third kappa shape index (κ3) is 2.20. The number of halogens is 1. The number of nitrogens with zero attached hydrogens (tertiary/aromatic N) is 4. The maximum absolute atomic E-state index is 13.8. The number of hydrogen-bond acceptors (Lipinski definition) is 2. The van der Waals surface area contributed by atoms with Crippen molar-refractivity contribution in [3.8, 4) is 0 Å². The minimum absolute atomic E-state index is 0.292. The lowest BCUT2D eigenvalue weighted by Gasteiger charge is -1.98. The van der Waals surface area contributed by atoms with E-state index < -0.39 is 0 Å². The summed E-state index contributed by atoms with van der Waals surface area (Å²) >= 11 is 0. The van der Waals surface area contributed by atoms with Gasteiger partial charge in [-0.1, -0.05) is 13.2 Å². The van der Waals surface area contributed by atoms with Gasteiger partial charge in [0.1, 0.15) is 5.82 Å². The van der Waals surface area contributed by atoms with Crippen LogP contribution in [-0.4, -0.2) is 18.9 Å². The molecule has 1 aliphatic rings. The first-order valence-corrected chi connectivity index (χ1v) is 7.59. The Hall–Kier alpha value is -2.69. The number of fused-ring (bicyclic) bond motifs is 1. The van der Waals surface area contributed by atoms with E-state index in [0.717, 1.165) is 29.2 Å². The van der Waals surface area contributed by atoms with Gasteiger partial charge in [0.25, 0.3) is 0 Å². The highest BCUT2D eigenvalue weighted by Gasteiger charge is 2.43. The van der Waals surface area contributed by atoms with Crippen LogP contribution in [0, 0.1) is 5.82 Å². The molecule has 0 radical (unpaired) electrons. The summed E-state index contributed by atoms with van der Waals surface area (Å²) in [5.41, 5.74) is 3.23. The van der Waals surface area contributed by atoms with Gasteiger partial charge in [0.05, 0.1) is 11.4 Å². The van der Waals surface area contributed by atoms with Gasteiger partial charge in [-0.2, -0.15) is 0 Å². The Morgan fingerprint density at radius 1 is 1.30 bits per heavy atom. The molecule has 4 nitrogen and oxygen atoms in total. The second kappa shape index (κ2) is 4.91. The average molecular weight is 308 g/mol. The topological polar surface area (TPSA) is 35.1 Å². The molecule has 0 aliphatic heterocycles. The van der Waals surface area contributed by atoms with Crippen LogP contribution in [0.25, 0.3) is 17.4 Å². The first-order chi connectivity index (χ1) is 11.1. The van der Waals surface area contributed by atoms with Crippen LogP contribution in [-0.2, 0) is 0 Å². The van der Waals surface area contributed by atoms with Crippen molar-refractivity contribution in [2.75, 3.05) is 0 Å². The first kappa shape index (κ1) is 13.9. The van der Waals surface area contributed by atoms with E-state index in [1.165, 1.54) is 6.07 Å². The predicted octanol–water partition coefficient (Wildman–Crippen LogP) is 4.07. The monoisotopic (exact) mass is 308 g/mol. The summed E-state index contributed by atoms with van der Waals surface area (Å²) in [4.78, 5) is 9.12. The molecule has 116 valence electrons. The zero-order valence-corrected chi connectivity index (χ0v) is 12.9. The van der Waals surface area contributed by atoms with E-state index >= 15 is 0 Å². The lowest BCUT2D eigenvalue weighted by atomic mass is 10.2. The smallest absolute Gasteiger partial charge is 0.173 e. The molecular formula is C18H17FN4. The van der Waals surface area contributed by atoms with Crippen molar-refractivity contribution in [1.82, 2.24) is 18.9 Å². The maximum Gasteiger partial charge on any atom is 0.173 e. The Kier molecular flexibility index (Phi) is 2.98. The summed E-state index contributed by atoms with van der Waals surface area (Å²) < 4.78 is 17.4. The van der Waals surface area contributed by atoms with E-state index in [1.807, 2.05) is 30.1 Å². The van der Waals surface area contributed by atoms with Crippen molar-refractivity contribution in [3.63, 3.8) is 0 Å². The number of imidazole rings is 2. The van der Waals surface area contributed by atoms with Gasteiger partial charge in [-0.05, 0) is 31.1 Å². The molecule has 0 aromatic carbocycles. The third-order valence-corrected chi connectivity index (χ3v) is 4.33. The largest absolute Gasteiger partial charge is 0.307 e. The molecule has 1 fully saturated rings. The van der Waals surface area contributed by atoms with Crippen molar-refractivity contribution in [1.29, 1.82) is 0 Å². The molecule has 0 amide bonds. The quantitative estimate of drug-likeness (QED) is 0.728. The first-order valence-electron chi connectivity index (χ1n) is 7.59. The average Bonchev–Trinajstić information content (AvgIpc) is 3.02. The number of allylic oxidation sites excluding steroid dienone is 1.